The Hall–Kier alpha value is -2.22. The molecule has 0 unspecified atom stereocenters. The Bertz CT molecular complexity index is 1200. The molecule has 0 aliphatic heterocycles. The van der Waals surface area contributed by atoms with Crippen LogP contribution in [0.2, 0.25) is 0 Å². The van der Waals surface area contributed by atoms with Gasteiger partial charge in [-0.1, -0.05) is 34.1 Å². The number of benzene rings is 3. The van der Waals surface area contributed by atoms with Crippen LogP contribution in [-0.4, -0.2) is 17.0 Å². The van der Waals surface area contributed by atoms with E-state index in [2.05, 4.69) is 37.2 Å². The second-order valence-electron chi connectivity index (χ2n) is 6.95. The van der Waals surface area contributed by atoms with E-state index in [0.717, 1.165) is 29.7 Å². The lowest BCUT2D eigenvalue weighted by molar-refractivity contribution is 0.102. The van der Waals surface area contributed by atoms with Crippen LogP contribution in [0, 0.1) is 0 Å². The zero-order valence-corrected chi connectivity index (χ0v) is 20.3. The Kier molecular flexibility index (Phi) is 6.22. The SMILES string of the molecule is CC(C)Oc1cccc(C(=O)Nc2c(Br)cc(Br)cc2-c2nc3ccccc3s2)c1. The summed E-state index contributed by atoms with van der Waals surface area (Å²) >= 11 is 8.73. The lowest BCUT2D eigenvalue weighted by atomic mass is 10.1. The van der Waals surface area contributed by atoms with Gasteiger partial charge in [0.25, 0.3) is 5.91 Å². The van der Waals surface area contributed by atoms with Crippen molar-refractivity contribution in [3.05, 3.63) is 75.2 Å². The highest BCUT2D eigenvalue weighted by Gasteiger charge is 2.18. The van der Waals surface area contributed by atoms with Crippen LogP contribution in [0.3, 0.4) is 0 Å². The molecule has 1 N–H and O–H groups in total. The summed E-state index contributed by atoms with van der Waals surface area (Å²) in [5, 5.41) is 3.89. The van der Waals surface area contributed by atoms with Crippen molar-refractivity contribution in [1.82, 2.24) is 4.98 Å². The molecule has 0 aliphatic carbocycles. The van der Waals surface area contributed by atoms with Gasteiger partial charge in [-0.2, -0.15) is 0 Å². The molecule has 0 saturated heterocycles. The van der Waals surface area contributed by atoms with Crippen LogP contribution in [0.25, 0.3) is 20.8 Å². The molecule has 0 bridgehead atoms. The van der Waals surface area contributed by atoms with Crippen molar-refractivity contribution < 1.29 is 9.53 Å². The largest absolute Gasteiger partial charge is 0.491 e. The number of rotatable bonds is 5. The topological polar surface area (TPSA) is 51.2 Å². The number of anilines is 1. The molecular formula is C23H18Br2N2O2S. The van der Waals surface area contributed by atoms with Crippen LogP contribution in [0.5, 0.6) is 5.75 Å². The first kappa shape index (κ1) is 21.0. The minimum Gasteiger partial charge on any atom is -0.491 e. The van der Waals surface area contributed by atoms with E-state index in [1.807, 2.05) is 62.4 Å². The molecule has 4 nitrogen and oxygen atoms in total. The van der Waals surface area contributed by atoms with Crippen molar-refractivity contribution in [3.8, 4) is 16.3 Å². The van der Waals surface area contributed by atoms with E-state index in [4.69, 9.17) is 9.72 Å². The molecular weight excluding hydrogens is 528 g/mol. The summed E-state index contributed by atoms with van der Waals surface area (Å²) in [6.07, 6.45) is 0.0366. The third kappa shape index (κ3) is 4.58. The molecule has 3 aromatic carbocycles. The molecule has 1 heterocycles. The highest BCUT2D eigenvalue weighted by atomic mass is 79.9. The van der Waals surface area contributed by atoms with Gasteiger partial charge in [0.1, 0.15) is 10.8 Å². The molecule has 4 aromatic rings. The summed E-state index contributed by atoms with van der Waals surface area (Å²) in [5.74, 6) is 0.452. The first-order chi connectivity index (χ1) is 14.4. The molecule has 0 aliphatic rings. The Morgan fingerprint density at radius 2 is 1.87 bits per heavy atom. The Morgan fingerprint density at radius 1 is 1.07 bits per heavy atom. The quantitative estimate of drug-likeness (QED) is 0.282. The number of para-hydroxylation sites is 1. The molecule has 0 atom stereocenters. The van der Waals surface area contributed by atoms with Crippen molar-refractivity contribution in [1.29, 1.82) is 0 Å². The number of carbonyl (C=O) groups excluding carboxylic acids is 1. The van der Waals surface area contributed by atoms with Crippen LogP contribution in [0.1, 0.15) is 24.2 Å². The molecule has 30 heavy (non-hydrogen) atoms. The van der Waals surface area contributed by atoms with E-state index < -0.39 is 0 Å². The van der Waals surface area contributed by atoms with Crippen LogP contribution in [-0.2, 0) is 0 Å². The lowest BCUT2D eigenvalue weighted by Crippen LogP contribution is -2.14. The normalized spacial score (nSPS) is 11.1. The monoisotopic (exact) mass is 544 g/mol. The molecule has 0 fully saturated rings. The summed E-state index contributed by atoms with van der Waals surface area (Å²) in [7, 11) is 0. The zero-order chi connectivity index (χ0) is 21.3. The average molecular weight is 546 g/mol. The van der Waals surface area contributed by atoms with Gasteiger partial charge in [-0.05, 0) is 72.2 Å². The predicted octanol–water partition coefficient (Wildman–Crippen LogP) is 7.53. The van der Waals surface area contributed by atoms with Crippen molar-refractivity contribution in [3.63, 3.8) is 0 Å². The van der Waals surface area contributed by atoms with Gasteiger partial charge in [0.15, 0.2) is 0 Å². The molecule has 1 amide bonds. The van der Waals surface area contributed by atoms with Crippen molar-refractivity contribution >= 4 is 65.0 Å². The standard InChI is InChI=1S/C23H18Br2N2O2S/c1-13(2)29-16-7-5-6-14(10-16)22(28)27-21-17(11-15(24)12-18(21)25)23-26-19-8-3-4-9-20(19)30-23/h3-13H,1-2H3,(H,27,28). The third-order valence-electron chi connectivity index (χ3n) is 4.29. The fraction of sp³-hybridized carbons (Fsp3) is 0.130. The van der Waals surface area contributed by atoms with Gasteiger partial charge < -0.3 is 10.1 Å². The summed E-state index contributed by atoms with van der Waals surface area (Å²) in [6, 6.07) is 19.1. The number of hydrogen-bond acceptors (Lipinski definition) is 4. The van der Waals surface area contributed by atoms with Gasteiger partial charge in [0, 0.05) is 20.1 Å². The summed E-state index contributed by atoms with van der Waals surface area (Å²) in [6.45, 7) is 3.91. The van der Waals surface area contributed by atoms with Gasteiger partial charge in [-0.3, -0.25) is 4.79 Å². The Labute approximate surface area is 195 Å². The number of amides is 1. The number of halogens is 2. The summed E-state index contributed by atoms with van der Waals surface area (Å²) in [5.41, 5.74) is 2.99. The molecule has 1 aromatic heterocycles. The first-order valence-electron chi connectivity index (χ1n) is 9.34. The fourth-order valence-electron chi connectivity index (χ4n) is 3.03. The van der Waals surface area contributed by atoms with Crippen LogP contribution in [0.15, 0.2) is 69.6 Å². The number of carbonyl (C=O) groups is 1. The van der Waals surface area contributed by atoms with E-state index in [-0.39, 0.29) is 12.0 Å². The predicted molar refractivity (Wildman–Crippen MR) is 131 cm³/mol. The molecule has 0 radical (unpaired) electrons. The van der Waals surface area contributed by atoms with Crippen molar-refractivity contribution in [2.75, 3.05) is 5.32 Å². The maximum absolute atomic E-state index is 13.0. The maximum Gasteiger partial charge on any atom is 0.255 e. The first-order valence-corrected chi connectivity index (χ1v) is 11.7. The van der Waals surface area contributed by atoms with Gasteiger partial charge in [-0.25, -0.2) is 4.98 Å². The number of ether oxygens (including phenoxy) is 1. The number of nitrogens with zero attached hydrogens (tertiary/aromatic N) is 1. The second kappa shape index (κ2) is 8.88. The molecule has 152 valence electrons. The number of hydrogen-bond donors (Lipinski definition) is 1. The zero-order valence-electron chi connectivity index (χ0n) is 16.3. The molecule has 0 spiro atoms. The van der Waals surface area contributed by atoms with E-state index in [9.17, 15) is 4.79 Å². The van der Waals surface area contributed by atoms with E-state index >= 15 is 0 Å². The van der Waals surface area contributed by atoms with Crippen molar-refractivity contribution in [2.45, 2.75) is 20.0 Å². The number of fused-ring (bicyclic) bond motifs is 1. The Balaban J connectivity index is 1.72. The number of nitrogens with one attached hydrogen (secondary N) is 1. The second-order valence-corrected chi connectivity index (χ2v) is 9.75. The highest BCUT2D eigenvalue weighted by Crippen LogP contribution is 2.40. The third-order valence-corrected chi connectivity index (χ3v) is 6.44. The van der Waals surface area contributed by atoms with Crippen LogP contribution in [0.4, 0.5) is 5.69 Å². The van der Waals surface area contributed by atoms with Gasteiger partial charge >= 0.3 is 0 Å². The van der Waals surface area contributed by atoms with Gasteiger partial charge in [0.2, 0.25) is 0 Å². The lowest BCUT2D eigenvalue weighted by Gasteiger charge is -2.14. The van der Waals surface area contributed by atoms with Gasteiger partial charge in [-0.15, -0.1) is 11.3 Å². The van der Waals surface area contributed by atoms with E-state index in [1.54, 1.807) is 23.5 Å². The van der Waals surface area contributed by atoms with Crippen molar-refractivity contribution in [2.24, 2.45) is 0 Å². The summed E-state index contributed by atoms with van der Waals surface area (Å²) in [4.78, 5) is 17.8. The number of aromatic nitrogens is 1. The minimum atomic E-state index is -0.213. The summed E-state index contributed by atoms with van der Waals surface area (Å²) < 4.78 is 8.48. The number of thiazole rings is 1. The average Bonchev–Trinajstić information content (AvgIpc) is 3.13. The fourth-order valence-corrected chi connectivity index (χ4v) is 5.34. The van der Waals surface area contributed by atoms with Gasteiger partial charge in [0.05, 0.1) is 22.0 Å². The van der Waals surface area contributed by atoms with E-state index in [0.29, 0.717) is 17.0 Å². The smallest absolute Gasteiger partial charge is 0.255 e. The van der Waals surface area contributed by atoms with Crippen LogP contribution >= 0.6 is 43.2 Å². The molecule has 4 rings (SSSR count). The van der Waals surface area contributed by atoms with Crippen LogP contribution < -0.4 is 10.1 Å². The van der Waals surface area contributed by atoms with E-state index in [1.165, 1.54) is 0 Å². The molecule has 7 heteroatoms. The molecule has 0 saturated carbocycles. The maximum atomic E-state index is 13.0. The minimum absolute atomic E-state index is 0.0366. The Morgan fingerprint density at radius 3 is 2.63 bits per heavy atom. The highest BCUT2D eigenvalue weighted by molar-refractivity contribution is 9.11.